The molecule has 0 unspecified atom stereocenters. The van der Waals surface area contributed by atoms with Crippen molar-refractivity contribution < 1.29 is 4.92 Å². The van der Waals surface area contributed by atoms with Crippen molar-refractivity contribution in [3.05, 3.63) is 57.2 Å². The van der Waals surface area contributed by atoms with E-state index in [1.165, 1.54) is 17.7 Å². The molecular formula is C13H11ClN2O2. The average molecular weight is 263 g/mol. The highest BCUT2D eigenvalue weighted by Gasteiger charge is 2.17. The molecule has 0 radical (unpaired) electrons. The third-order valence-electron chi connectivity index (χ3n) is 2.67. The fourth-order valence-corrected chi connectivity index (χ4v) is 1.83. The molecule has 0 saturated heterocycles. The van der Waals surface area contributed by atoms with Crippen molar-refractivity contribution in [3.63, 3.8) is 0 Å². The van der Waals surface area contributed by atoms with Crippen LogP contribution in [0.25, 0.3) is 11.3 Å². The zero-order valence-electron chi connectivity index (χ0n) is 9.76. The van der Waals surface area contributed by atoms with Gasteiger partial charge >= 0.3 is 0 Å². The minimum Gasteiger partial charge on any atom is -0.258 e. The van der Waals surface area contributed by atoms with E-state index < -0.39 is 4.92 Å². The molecule has 4 nitrogen and oxygen atoms in total. The maximum Gasteiger partial charge on any atom is 0.295 e. The molecule has 18 heavy (non-hydrogen) atoms. The minimum absolute atomic E-state index is 0.0383. The number of rotatable bonds is 3. The highest BCUT2D eigenvalue weighted by Crippen LogP contribution is 2.29. The van der Waals surface area contributed by atoms with Gasteiger partial charge in [0.2, 0.25) is 0 Å². The maximum absolute atomic E-state index is 11.0. The van der Waals surface area contributed by atoms with Crippen molar-refractivity contribution in [1.29, 1.82) is 0 Å². The largest absolute Gasteiger partial charge is 0.295 e. The van der Waals surface area contributed by atoms with Crippen LogP contribution in [0.1, 0.15) is 12.5 Å². The second-order valence-electron chi connectivity index (χ2n) is 3.81. The van der Waals surface area contributed by atoms with Crippen LogP contribution in [-0.2, 0) is 6.42 Å². The fraction of sp³-hybridized carbons (Fsp3) is 0.154. The van der Waals surface area contributed by atoms with E-state index in [9.17, 15) is 10.1 Å². The van der Waals surface area contributed by atoms with Crippen molar-refractivity contribution >= 4 is 17.3 Å². The van der Waals surface area contributed by atoms with Crippen LogP contribution in [0.2, 0.25) is 5.15 Å². The van der Waals surface area contributed by atoms with Gasteiger partial charge in [-0.25, -0.2) is 4.98 Å². The molecule has 0 N–H and O–H groups in total. The predicted octanol–water partition coefficient (Wildman–Crippen LogP) is 3.87. The van der Waals surface area contributed by atoms with E-state index in [4.69, 9.17) is 11.6 Å². The van der Waals surface area contributed by atoms with Crippen molar-refractivity contribution in [2.24, 2.45) is 0 Å². The first-order chi connectivity index (χ1) is 8.61. The number of nitro groups is 1. The second kappa shape index (κ2) is 5.14. The van der Waals surface area contributed by atoms with Crippen molar-refractivity contribution in [1.82, 2.24) is 4.98 Å². The van der Waals surface area contributed by atoms with E-state index in [0.29, 0.717) is 11.3 Å². The lowest BCUT2D eigenvalue weighted by molar-refractivity contribution is -0.384. The molecule has 0 amide bonds. The molecule has 2 aromatic rings. The molecule has 0 aliphatic carbocycles. The minimum atomic E-state index is -0.452. The van der Waals surface area contributed by atoms with Crippen LogP contribution in [0.3, 0.4) is 0 Å². The number of aromatic nitrogens is 1. The Morgan fingerprint density at radius 3 is 2.44 bits per heavy atom. The van der Waals surface area contributed by atoms with Crippen molar-refractivity contribution in [2.45, 2.75) is 13.3 Å². The molecule has 0 aliphatic rings. The Bertz CT molecular complexity index is 582. The summed E-state index contributed by atoms with van der Waals surface area (Å²) < 4.78 is 0. The first-order valence-corrected chi connectivity index (χ1v) is 5.90. The van der Waals surface area contributed by atoms with Crippen LogP contribution < -0.4 is 0 Å². The summed E-state index contributed by atoms with van der Waals surface area (Å²) in [4.78, 5) is 14.5. The summed E-state index contributed by atoms with van der Waals surface area (Å²) in [5.41, 5.74) is 2.13. The molecule has 0 saturated carbocycles. The van der Waals surface area contributed by atoms with Crippen molar-refractivity contribution in [3.8, 4) is 11.3 Å². The zero-order valence-corrected chi connectivity index (χ0v) is 10.5. The molecule has 0 atom stereocenters. The Morgan fingerprint density at radius 1 is 1.22 bits per heavy atom. The second-order valence-corrected chi connectivity index (χ2v) is 4.20. The number of pyridine rings is 1. The number of halogens is 1. The van der Waals surface area contributed by atoms with E-state index in [1.54, 1.807) is 0 Å². The highest BCUT2D eigenvalue weighted by molar-refractivity contribution is 6.29. The summed E-state index contributed by atoms with van der Waals surface area (Å²) in [6, 6.07) is 10.3. The lowest BCUT2D eigenvalue weighted by Gasteiger charge is -2.04. The zero-order chi connectivity index (χ0) is 13.1. The molecular weight excluding hydrogens is 252 g/mol. The predicted molar refractivity (Wildman–Crippen MR) is 70.7 cm³/mol. The first-order valence-electron chi connectivity index (χ1n) is 5.52. The summed E-state index contributed by atoms with van der Waals surface area (Å²) in [6.45, 7) is 2.05. The number of hydrogen-bond acceptors (Lipinski definition) is 3. The summed E-state index contributed by atoms with van der Waals surface area (Å²) in [7, 11) is 0. The van der Waals surface area contributed by atoms with Gasteiger partial charge < -0.3 is 0 Å². The van der Waals surface area contributed by atoms with Gasteiger partial charge in [0.05, 0.1) is 4.92 Å². The van der Waals surface area contributed by atoms with Gasteiger partial charge in [-0.05, 0) is 18.1 Å². The normalized spacial score (nSPS) is 10.3. The van der Waals surface area contributed by atoms with Crippen LogP contribution in [0, 0.1) is 10.1 Å². The molecule has 0 spiro atoms. The molecule has 1 aromatic carbocycles. The molecule has 0 aliphatic heterocycles. The van der Waals surface area contributed by atoms with E-state index in [-0.39, 0.29) is 10.8 Å². The highest BCUT2D eigenvalue weighted by atomic mass is 35.5. The van der Waals surface area contributed by atoms with E-state index >= 15 is 0 Å². The first kappa shape index (κ1) is 12.5. The molecule has 1 aromatic heterocycles. The molecule has 0 bridgehead atoms. The summed E-state index contributed by atoms with van der Waals surface area (Å²) >= 11 is 5.80. The number of nitrogens with zero attached hydrogens (tertiary/aromatic N) is 2. The fourth-order valence-electron chi connectivity index (χ4n) is 1.69. The van der Waals surface area contributed by atoms with Gasteiger partial charge in [0.1, 0.15) is 10.8 Å². The maximum atomic E-state index is 11.0. The van der Waals surface area contributed by atoms with Gasteiger partial charge in [0, 0.05) is 11.6 Å². The Morgan fingerprint density at radius 2 is 1.89 bits per heavy atom. The van der Waals surface area contributed by atoms with Gasteiger partial charge in [0.15, 0.2) is 0 Å². The Labute approximate surface area is 109 Å². The van der Waals surface area contributed by atoms with Gasteiger partial charge in [-0.2, -0.15) is 0 Å². The number of benzene rings is 1. The lowest BCUT2D eigenvalue weighted by atomic mass is 10.1. The van der Waals surface area contributed by atoms with Gasteiger partial charge in [-0.1, -0.05) is 42.8 Å². The number of hydrogen-bond donors (Lipinski definition) is 0. The van der Waals surface area contributed by atoms with E-state index in [2.05, 4.69) is 11.9 Å². The molecule has 0 fully saturated rings. The van der Waals surface area contributed by atoms with E-state index in [0.717, 1.165) is 6.42 Å². The number of aryl methyl sites for hydroxylation is 1. The van der Waals surface area contributed by atoms with Crippen LogP contribution in [0.15, 0.2) is 36.4 Å². The molecule has 1 heterocycles. The Kier molecular flexibility index (Phi) is 3.58. The molecule has 92 valence electrons. The van der Waals surface area contributed by atoms with Gasteiger partial charge in [0.25, 0.3) is 5.69 Å². The Balaban J connectivity index is 2.54. The van der Waals surface area contributed by atoms with Crippen LogP contribution in [0.4, 0.5) is 5.69 Å². The smallest absolute Gasteiger partial charge is 0.258 e. The van der Waals surface area contributed by atoms with Gasteiger partial charge in [-0.3, -0.25) is 10.1 Å². The average Bonchev–Trinajstić information content (AvgIpc) is 2.38. The van der Waals surface area contributed by atoms with Crippen LogP contribution >= 0.6 is 11.6 Å². The molecule has 5 heteroatoms. The monoisotopic (exact) mass is 262 g/mol. The summed E-state index contributed by atoms with van der Waals surface area (Å²) in [5.74, 6) is 0. The topological polar surface area (TPSA) is 56.0 Å². The SMILES string of the molecule is CCc1ccc(-c2nc(Cl)ccc2[N+](=O)[O-])cc1. The quantitative estimate of drug-likeness (QED) is 0.479. The van der Waals surface area contributed by atoms with Crippen LogP contribution in [0.5, 0.6) is 0 Å². The Hall–Kier alpha value is -1.94. The summed E-state index contributed by atoms with van der Waals surface area (Å²) in [5, 5.41) is 11.2. The summed E-state index contributed by atoms with van der Waals surface area (Å²) in [6.07, 6.45) is 0.922. The molecule has 2 rings (SSSR count). The lowest BCUT2D eigenvalue weighted by Crippen LogP contribution is -1.95. The third kappa shape index (κ3) is 2.49. The van der Waals surface area contributed by atoms with Crippen molar-refractivity contribution in [2.75, 3.05) is 0 Å². The standard InChI is InChI=1S/C13H11ClN2O2/c1-2-9-3-5-10(6-4-9)13-11(16(17)18)7-8-12(14)15-13/h3-8H,2H2,1H3. The van der Waals surface area contributed by atoms with Gasteiger partial charge in [-0.15, -0.1) is 0 Å². The van der Waals surface area contributed by atoms with Crippen LogP contribution in [-0.4, -0.2) is 9.91 Å². The third-order valence-corrected chi connectivity index (χ3v) is 2.88. The van der Waals surface area contributed by atoms with E-state index in [1.807, 2.05) is 24.3 Å².